The van der Waals surface area contributed by atoms with E-state index in [9.17, 15) is 0 Å². The molecule has 0 rings (SSSR count). The van der Waals surface area contributed by atoms with Crippen molar-refractivity contribution in [2.45, 2.75) is 27.7 Å². The summed E-state index contributed by atoms with van der Waals surface area (Å²) >= 11 is 0. The van der Waals surface area contributed by atoms with Gasteiger partial charge in [0, 0.05) is 19.3 Å². The van der Waals surface area contributed by atoms with E-state index < -0.39 is 0 Å². The van der Waals surface area contributed by atoms with Gasteiger partial charge in [-0.05, 0) is 19.8 Å². The minimum absolute atomic E-state index is 0.491. The largest absolute Gasteiger partial charge is 0.292 e. The third kappa shape index (κ3) is 4.71. The Hall–Kier alpha value is -0.660. The highest BCUT2D eigenvalue weighted by molar-refractivity contribution is 6.31. The molecule has 0 heterocycles. The molecule has 2 nitrogen and oxygen atoms in total. The van der Waals surface area contributed by atoms with E-state index >= 15 is 0 Å². The second-order valence-corrected chi connectivity index (χ2v) is 2.68. The van der Waals surface area contributed by atoms with Crippen molar-refractivity contribution < 1.29 is 0 Å². The van der Waals surface area contributed by atoms with Crippen molar-refractivity contribution in [1.82, 2.24) is 0 Å². The van der Waals surface area contributed by atoms with Crippen LogP contribution in [-0.4, -0.2) is 25.0 Å². The minimum atomic E-state index is 0.491. The zero-order valence-electron chi connectivity index (χ0n) is 7.96. The van der Waals surface area contributed by atoms with Crippen molar-refractivity contribution in [3.63, 3.8) is 0 Å². The van der Waals surface area contributed by atoms with Gasteiger partial charge in [-0.1, -0.05) is 13.8 Å². The van der Waals surface area contributed by atoms with Crippen LogP contribution in [0.25, 0.3) is 0 Å². The molecule has 0 aromatic carbocycles. The van der Waals surface area contributed by atoms with Gasteiger partial charge in [-0.25, -0.2) is 0 Å². The molecule has 0 saturated carbocycles. The third-order valence-electron chi connectivity index (χ3n) is 1.34. The summed E-state index contributed by atoms with van der Waals surface area (Å²) in [5, 5.41) is 0. The fraction of sp³-hybridized carbons (Fsp3) is 0.778. The van der Waals surface area contributed by atoms with E-state index in [-0.39, 0.29) is 0 Å². The summed E-state index contributed by atoms with van der Waals surface area (Å²) in [5.41, 5.74) is 1.11. The molecule has 0 bridgehead atoms. The van der Waals surface area contributed by atoms with Crippen molar-refractivity contribution >= 4 is 11.9 Å². The first-order chi connectivity index (χ1) is 5.22. The SMILES string of the molecule is CC/N=C/C(=N/CC)C(C)C. The van der Waals surface area contributed by atoms with Crippen molar-refractivity contribution in [3.8, 4) is 0 Å². The number of nitrogens with zero attached hydrogens (tertiary/aromatic N) is 2. The van der Waals surface area contributed by atoms with E-state index in [1.807, 2.05) is 20.1 Å². The van der Waals surface area contributed by atoms with Crippen LogP contribution in [0.3, 0.4) is 0 Å². The van der Waals surface area contributed by atoms with Crippen molar-refractivity contribution in [3.05, 3.63) is 0 Å². The molecule has 0 fully saturated rings. The lowest BCUT2D eigenvalue weighted by molar-refractivity contribution is 0.884. The molecular formula is C9H18N2. The van der Waals surface area contributed by atoms with Gasteiger partial charge in [0.05, 0.1) is 5.71 Å². The number of rotatable bonds is 4. The number of hydrogen-bond acceptors (Lipinski definition) is 2. The van der Waals surface area contributed by atoms with Gasteiger partial charge in [0.15, 0.2) is 0 Å². The lowest BCUT2D eigenvalue weighted by atomic mass is 10.1. The molecule has 0 aliphatic rings. The van der Waals surface area contributed by atoms with Crippen LogP contribution >= 0.6 is 0 Å². The number of aliphatic imine (C=N–C) groups is 2. The first-order valence-electron chi connectivity index (χ1n) is 4.26. The van der Waals surface area contributed by atoms with Gasteiger partial charge >= 0.3 is 0 Å². The summed E-state index contributed by atoms with van der Waals surface area (Å²) in [4.78, 5) is 8.48. The zero-order valence-corrected chi connectivity index (χ0v) is 7.96. The highest BCUT2D eigenvalue weighted by Crippen LogP contribution is 1.95. The summed E-state index contributed by atoms with van der Waals surface area (Å²) in [5.74, 6) is 0.491. The Labute approximate surface area is 69.4 Å². The Morgan fingerprint density at radius 2 is 1.91 bits per heavy atom. The summed E-state index contributed by atoms with van der Waals surface area (Å²) < 4.78 is 0. The van der Waals surface area contributed by atoms with Crippen molar-refractivity contribution in [2.75, 3.05) is 13.1 Å². The van der Waals surface area contributed by atoms with Crippen LogP contribution in [0, 0.1) is 5.92 Å². The molecule has 2 heteroatoms. The van der Waals surface area contributed by atoms with E-state index in [1.165, 1.54) is 0 Å². The summed E-state index contributed by atoms with van der Waals surface area (Å²) in [6.45, 7) is 10.0. The molecule has 0 aromatic heterocycles. The molecule has 0 radical (unpaired) electrons. The van der Waals surface area contributed by atoms with Crippen molar-refractivity contribution in [2.24, 2.45) is 15.9 Å². The van der Waals surface area contributed by atoms with Crippen LogP contribution in [0.4, 0.5) is 0 Å². The van der Waals surface area contributed by atoms with E-state index in [2.05, 4.69) is 23.8 Å². The Morgan fingerprint density at radius 3 is 2.27 bits per heavy atom. The fourth-order valence-electron chi connectivity index (χ4n) is 0.740. The van der Waals surface area contributed by atoms with E-state index in [0.29, 0.717) is 5.92 Å². The first-order valence-corrected chi connectivity index (χ1v) is 4.26. The van der Waals surface area contributed by atoms with Crippen LogP contribution in [0.1, 0.15) is 27.7 Å². The van der Waals surface area contributed by atoms with Crippen molar-refractivity contribution in [1.29, 1.82) is 0 Å². The molecule has 0 amide bonds. The molecule has 64 valence electrons. The van der Waals surface area contributed by atoms with Gasteiger partial charge in [-0.2, -0.15) is 0 Å². The molecule has 11 heavy (non-hydrogen) atoms. The molecule has 0 atom stereocenters. The molecule has 0 aliphatic carbocycles. The second kappa shape index (κ2) is 6.08. The van der Waals surface area contributed by atoms with E-state index in [0.717, 1.165) is 18.8 Å². The molecule has 0 saturated heterocycles. The van der Waals surface area contributed by atoms with Gasteiger partial charge in [-0.15, -0.1) is 0 Å². The molecule has 0 N–H and O–H groups in total. The molecule has 0 aromatic rings. The van der Waals surface area contributed by atoms with Crippen LogP contribution in [0.15, 0.2) is 9.98 Å². The van der Waals surface area contributed by atoms with Crippen LogP contribution in [-0.2, 0) is 0 Å². The highest BCUT2D eigenvalue weighted by atomic mass is 14.8. The van der Waals surface area contributed by atoms with Gasteiger partial charge < -0.3 is 0 Å². The maximum atomic E-state index is 4.33. The lowest BCUT2D eigenvalue weighted by Gasteiger charge is -2.02. The molecule has 0 spiro atoms. The first kappa shape index (κ1) is 10.3. The van der Waals surface area contributed by atoms with Crippen LogP contribution < -0.4 is 0 Å². The second-order valence-electron chi connectivity index (χ2n) is 2.68. The van der Waals surface area contributed by atoms with Gasteiger partial charge in [0.1, 0.15) is 0 Å². The molecular weight excluding hydrogens is 136 g/mol. The topological polar surface area (TPSA) is 24.7 Å². The maximum absolute atomic E-state index is 4.33. The zero-order chi connectivity index (χ0) is 8.69. The monoisotopic (exact) mass is 154 g/mol. The minimum Gasteiger partial charge on any atom is -0.292 e. The maximum Gasteiger partial charge on any atom is 0.0551 e. The van der Waals surface area contributed by atoms with Gasteiger partial charge in [-0.3, -0.25) is 9.98 Å². The lowest BCUT2D eigenvalue weighted by Crippen LogP contribution is -2.09. The average molecular weight is 154 g/mol. The normalized spacial score (nSPS) is 13.4. The standard InChI is InChI=1S/C9H18N2/c1-5-10-7-9(8(3)4)11-6-2/h7-8H,5-6H2,1-4H3/b10-7+,11-9-. The van der Waals surface area contributed by atoms with Crippen LogP contribution in [0.2, 0.25) is 0 Å². The van der Waals surface area contributed by atoms with E-state index in [1.54, 1.807) is 0 Å². The summed E-state index contributed by atoms with van der Waals surface area (Å²) in [6.07, 6.45) is 1.88. The van der Waals surface area contributed by atoms with Gasteiger partial charge in [0.25, 0.3) is 0 Å². The quantitative estimate of drug-likeness (QED) is 0.555. The predicted molar refractivity (Wildman–Crippen MR) is 51.8 cm³/mol. The highest BCUT2D eigenvalue weighted by Gasteiger charge is 1.99. The Bertz CT molecular complexity index is 146. The van der Waals surface area contributed by atoms with Gasteiger partial charge in [0.2, 0.25) is 0 Å². The van der Waals surface area contributed by atoms with Crippen LogP contribution in [0.5, 0.6) is 0 Å². The van der Waals surface area contributed by atoms with E-state index in [4.69, 9.17) is 0 Å². The fourth-order valence-corrected chi connectivity index (χ4v) is 0.740. The summed E-state index contributed by atoms with van der Waals surface area (Å²) in [7, 11) is 0. The molecule has 0 unspecified atom stereocenters. The smallest absolute Gasteiger partial charge is 0.0551 e. The predicted octanol–water partition coefficient (Wildman–Crippen LogP) is 2.19. The molecule has 0 aliphatic heterocycles. The Morgan fingerprint density at radius 1 is 1.27 bits per heavy atom. The Balaban J connectivity index is 4.11. The number of hydrogen-bond donors (Lipinski definition) is 0. The third-order valence-corrected chi connectivity index (χ3v) is 1.34. The average Bonchev–Trinajstić information content (AvgIpc) is 1.97. The Kier molecular flexibility index (Phi) is 5.71. The summed E-state index contributed by atoms with van der Waals surface area (Å²) in [6, 6.07) is 0.